The molecule has 0 bridgehead atoms. The van der Waals surface area contributed by atoms with Crippen LogP contribution < -0.4 is 5.32 Å². The van der Waals surface area contributed by atoms with E-state index in [1.165, 1.54) is 21.2 Å². The van der Waals surface area contributed by atoms with Crippen LogP contribution in [0.3, 0.4) is 0 Å². The fourth-order valence-corrected chi connectivity index (χ4v) is 3.27. The second-order valence-electron chi connectivity index (χ2n) is 5.25. The Balaban J connectivity index is 0.000000153. The maximum Gasteiger partial charge on any atom is 0.269 e. The molecule has 4 rings (SSSR count). The van der Waals surface area contributed by atoms with Gasteiger partial charge in [-0.15, -0.1) is 0 Å². The van der Waals surface area contributed by atoms with Crippen molar-refractivity contribution in [1.29, 1.82) is 0 Å². The number of rotatable bonds is 2. The van der Waals surface area contributed by atoms with Gasteiger partial charge in [-0.25, -0.2) is 0 Å². The second kappa shape index (κ2) is 7.66. The van der Waals surface area contributed by atoms with Gasteiger partial charge in [0, 0.05) is 34.1 Å². The average Bonchev–Trinajstić information content (AvgIpc) is 2.67. The van der Waals surface area contributed by atoms with Gasteiger partial charge in [0.15, 0.2) is 0 Å². The quantitative estimate of drug-likeness (QED) is 0.376. The Kier molecular flexibility index (Phi) is 5.14. The third-order valence-corrected chi connectivity index (χ3v) is 4.69. The first-order chi connectivity index (χ1) is 12.5. The molecule has 0 radical (unpaired) electrons. The van der Waals surface area contributed by atoms with Gasteiger partial charge in [0.2, 0.25) is 0 Å². The number of nitrogens with one attached hydrogen (secondary N) is 1. The highest BCUT2D eigenvalue weighted by atomic mass is 32.2. The number of nitro groups is 2. The van der Waals surface area contributed by atoms with Crippen molar-refractivity contribution in [1.82, 2.24) is 0 Å². The predicted octanol–water partition coefficient (Wildman–Crippen LogP) is 5.40. The Labute approximate surface area is 153 Å². The van der Waals surface area contributed by atoms with E-state index in [0.717, 1.165) is 24.3 Å². The van der Waals surface area contributed by atoms with Crippen LogP contribution in [0, 0.1) is 20.2 Å². The maximum atomic E-state index is 10.1. The molecule has 26 heavy (non-hydrogen) atoms. The van der Waals surface area contributed by atoms with Crippen molar-refractivity contribution in [2.75, 3.05) is 5.32 Å². The molecule has 1 aliphatic rings. The molecule has 1 heterocycles. The summed E-state index contributed by atoms with van der Waals surface area (Å²) < 4.78 is 0. The van der Waals surface area contributed by atoms with Gasteiger partial charge in [-0.2, -0.15) is 0 Å². The van der Waals surface area contributed by atoms with Gasteiger partial charge in [0.05, 0.1) is 21.2 Å². The fourth-order valence-electron chi connectivity index (χ4n) is 2.28. The molecule has 8 heteroatoms. The van der Waals surface area contributed by atoms with E-state index in [1.54, 1.807) is 0 Å². The van der Waals surface area contributed by atoms with Crippen molar-refractivity contribution in [2.45, 2.75) is 9.79 Å². The molecule has 0 atom stereocenters. The number of non-ortho nitro benzene ring substituents is 2. The first kappa shape index (κ1) is 17.4. The molecule has 0 aromatic heterocycles. The van der Waals surface area contributed by atoms with Gasteiger partial charge < -0.3 is 5.32 Å². The molecule has 0 aliphatic carbocycles. The van der Waals surface area contributed by atoms with E-state index in [-0.39, 0.29) is 11.4 Å². The lowest BCUT2D eigenvalue weighted by Gasteiger charge is -2.19. The zero-order valence-electron chi connectivity index (χ0n) is 13.4. The largest absolute Gasteiger partial charge is 0.354 e. The Hall–Kier alpha value is -3.39. The summed E-state index contributed by atoms with van der Waals surface area (Å²) >= 11 is 1.82. The van der Waals surface area contributed by atoms with Crippen LogP contribution in [0.25, 0.3) is 0 Å². The lowest BCUT2D eigenvalue weighted by Crippen LogP contribution is -1.98. The van der Waals surface area contributed by atoms with Gasteiger partial charge in [-0.1, -0.05) is 36.0 Å². The Morgan fingerprint density at radius 1 is 0.654 bits per heavy atom. The zero-order chi connectivity index (χ0) is 18.5. The molecule has 1 aliphatic heterocycles. The Morgan fingerprint density at radius 3 is 1.42 bits per heavy atom. The number of nitrogens with zero attached hydrogens (tertiary/aromatic N) is 2. The van der Waals surface area contributed by atoms with Crippen LogP contribution in [0.15, 0.2) is 82.6 Å². The first-order valence-corrected chi connectivity index (χ1v) is 8.38. The van der Waals surface area contributed by atoms with Crippen molar-refractivity contribution in [3.8, 4) is 0 Å². The zero-order valence-corrected chi connectivity index (χ0v) is 14.2. The van der Waals surface area contributed by atoms with Crippen LogP contribution in [0.2, 0.25) is 0 Å². The molecule has 130 valence electrons. The molecule has 0 amide bonds. The van der Waals surface area contributed by atoms with Crippen molar-refractivity contribution < 1.29 is 9.85 Å². The van der Waals surface area contributed by atoms with Crippen molar-refractivity contribution in [2.24, 2.45) is 0 Å². The second-order valence-corrected chi connectivity index (χ2v) is 6.33. The van der Waals surface area contributed by atoms with Crippen LogP contribution in [0.4, 0.5) is 22.7 Å². The smallest absolute Gasteiger partial charge is 0.269 e. The van der Waals surface area contributed by atoms with Crippen molar-refractivity contribution >= 4 is 34.5 Å². The molecule has 0 saturated carbocycles. The summed E-state index contributed by atoms with van der Waals surface area (Å²) in [5, 5.41) is 23.7. The average molecular weight is 367 g/mol. The molecule has 0 saturated heterocycles. The van der Waals surface area contributed by atoms with E-state index >= 15 is 0 Å². The fraction of sp³-hybridized carbons (Fsp3) is 0. The topological polar surface area (TPSA) is 98.3 Å². The molecule has 7 nitrogen and oxygen atoms in total. The van der Waals surface area contributed by atoms with E-state index < -0.39 is 9.85 Å². The number of nitro benzene ring substituents is 2. The van der Waals surface area contributed by atoms with E-state index in [9.17, 15) is 20.2 Å². The SMILES string of the molecule is O=[N+]([O-])c1ccc([N+](=O)[O-])cc1.c1ccc2c(c1)Nc1ccccc1S2. The summed E-state index contributed by atoms with van der Waals surface area (Å²) in [6.45, 7) is 0. The number of benzene rings is 3. The van der Waals surface area contributed by atoms with Gasteiger partial charge in [0.1, 0.15) is 0 Å². The van der Waals surface area contributed by atoms with E-state index in [0.29, 0.717) is 0 Å². The lowest BCUT2D eigenvalue weighted by atomic mass is 10.2. The summed E-state index contributed by atoms with van der Waals surface area (Å²) in [5.74, 6) is 0. The standard InChI is InChI=1S/C12H9NS.C6H4N2O4/c1-3-7-11-9(5-1)13-10-6-2-4-8-12(10)14-11;9-7(10)5-1-2-6(4-3-5)8(11)12/h1-8,13H;1-4H. The summed E-state index contributed by atoms with van der Waals surface area (Å²) in [6.07, 6.45) is 0. The minimum absolute atomic E-state index is 0.152. The molecule has 3 aromatic rings. The third kappa shape index (κ3) is 3.98. The van der Waals surface area contributed by atoms with Crippen molar-refractivity contribution in [3.05, 3.63) is 93.0 Å². The summed E-state index contributed by atoms with van der Waals surface area (Å²) in [4.78, 5) is 21.6. The molecular formula is C18H13N3O4S. The monoisotopic (exact) mass is 367 g/mol. The minimum atomic E-state index is -0.607. The van der Waals surface area contributed by atoms with Gasteiger partial charge in [0.25, 0.3) is 11.4 Å². The first-order valence-electron chi connectivity index (χ1n) is 7.56. The Bertz CT molecular complexity index is 840. The van der Waals surface area contributed by atoms with Crippen LogP contribution in [0.5, 0.6) is 0 Å². The van der Waals surface area contributed by atoms with Crippen LogP contribution in [-0.4, -0.2) is 9.85 Å². The summed E-state index contributed by atoms with van der Waals surface area (Å²) in [7, 11) is 0. The normalized spacial score (nSPS) is 11.1. The molecule has 0 spiro atoms. The van der Waals surface area contributed by atoms with Crippen molar-refractivity contribution in [3.63, 3.8) is 0 Å². The maximum absolute atomic E-state index is 10.1. The van der Waals surface area contributed by atoms with Crippen LogP contribution in [0.1, 0.15) is 0 Å². The highest BCUT2D eigenvalue weighted by molar-refractivity contribution is 7.99. The predicted molar refractivity (Wildman–Crippen MR) is 100 cm³/mol. The van der Waals surface area contributed by atoms with Gasteiger partial charge in [-0.05, 0) is 24.3 Å². The minimum Gasteiger partial charge on any atom is -0.354 e. The lowest BCUT2D eigenvalue weighted by molar-refractivity contribution is -0.389. The molecule has 1 N–H and O–H groups in total. The van der Waals surface area contributed by atoms with Gasteiger partial charge in [-0.3, -0.25) is 20.2 Å². The molecule has 3 aromatic carbocycles. The third-order valence-electron chi connectivity index (χ3n) is 3.53. The number of para-hydroxylation sites is 2. The van der Waals surface area contributed by atoms with E-state index in [1.807, 2.05) is 11.8 Å². The Morgan fingerprint density at radius 2 is 1.04 bits per heavy atom. The number of fused-ring (bicyclic) bond motifs is 2. The van der Waals surface area contributed by atoms with Gasteiger partial charge >= 0.3 is 0 Å². The van der Waals surface area contributed by atoms with E-state index in [4.69, 9.17) is 0 Å². The molecular weight excluding hydrogens is 354 g/mol. The van der Waals surface area contributed by atoms with Crippen LogP contribution >= 0.6 is 11.8 Å². The number of anilines is 2. The number of hydrogen-bond acceptors (Lipinski definition) is 6. The molecule has 0 unspecified atom stereocenters. The highest BCUT2D eigenvalue weighted by Gasteiger charge is 2.13. The molecule has 0 fully saturated rings. The van der Waals surface area contributed by atoms with Crippen LogP contribution in [-0.2, 0) is 0 Å². The highest BCUT2D eigenvalue weighted by Crippen LogP contribution is 2.43. The van der Waals surface area contributed by atoms with E-state index in [2.05, 4.69) is 53.8 Å². The summed E-state index contributed by atoms with van der Waals surface area (Å²) in [6, 6.07) is 21.1. The number of hydrogen-bond donors (Lipinski definition) is 1. The summed E-state index contributed by atoms with van der Waals surface area (Å²) in [5.41, 5.74) is 2.11.